The molecule has 2 aromatic rings. The van der Waals surface area contributed by atoms with Crippen LogP contribution in [-0.2, 0) is 0 Å². The first-order valence-corrected chi connectivity index (χ1v) is 6.94. The van der Waals surface area contributed by atoms with E-state index in [0.717, 1.165) is 23.6 Å². The second-order valence-electron chi connectivity index (χ2n) is 5.22. The Hall–Kier alpha value is -2.10. The van der Waals surface area contributed by atoms with Crippen molar-refractivity contribution in [1.29, 1.82) is 0 Å². The minimum absolute atomic E-state index is 0.115. The van der Waals surface area contributed by atoms with Gasteiger partial charge in [0.25, 0.3) is 0 Å². The van der Waals surface area contributed by atoms with E-state index in [4.69, 9.17) is 4.74 Å². The van der Waals surface area contributed by atoms with Crippen molar-refractivity contribution >= 4 is 5.69 Å². The number of hydrogen-bond donors (Lipinski definition) is 1. The molecule has 0 spiro atoms. The fourth-order valence-electron chi connectivity index (χ4n) is 2.08. The summed E-state index contributed by atoms with van der Waals surface area (Å²) in [6, 6.07) is 10.5. The van der Waals surface area contributed by atoms with Crippen LogP contribution in [0.2, 0.25) is 0 Å². The fraction of sp³-hybridized carbons (Fsp3) is 0.294. The zero-order valence-corrected chi connectivity index (χ0v) is 12.4. The van der Waals surface area contributed by atoms with E-state index in [-0.39, 0.29) is 12.1 Å². The lowest BCUT2D eigenvalue weighted by Gasteiger charge is -2.17. The minimum atomic E-state index is -0.444. The molecule has 0 bridgehead atoms. The molecular formula is C17H19F2NO. The molecule has 2 rings (SSSR count). The topological polar surface area (TPSA) is 21.3 Å². The Morgan fingerprint density at radius 1 is 0.952 bits per heavy atom. The van der Waals surface area contributed by atoms with Crippen molar-refractivity contribution < 1.29 is 13.5 Å². The number of halogens is 2. The Balaban J connectivity index is 2.08. The van der Waals surface area contributed by atoms with Gasteiger partial charge in [-0.1, -0.05) is 0 Å². The highest BCUT2D eigenvalue weighted by Crippen LogP contribution is 2.24. The summed E-state index contributed by atoms with van der Waals surface area (Å²) >= 11 is 0. The molecule has 0 aliphatic rings. The molecule has 0 aliphatic carbocycles. The van der Waals surface area contributed by atoms with Gasteiger partial charge >= 0.3 is 0 Å². The Bertz CT molecular complexity index is 596. The lowest BCUT2D eigenvalue weighted by molar-refractivity contribution is 0.242. The summed E-state index contributed by atoms with van der Waals surface area (Å²) in [6.07, 6.45) is 0.115. The minimum Gasteiger partial charge on any atom is -0.491 e. The molecule has 0 amide bonds. The van der Waals surface area contributed by atoms with Crippen LogP contribution in [0.1, 0.15) is 32.4 Å². The van der Waals surface area contributed by atoms with Crippen molar-refractivity contribution in [2.45, 2.75) is 32.9 Å². The number of anilines is 1. The number of ether oxygens (including phenoxy) is 1. The third-order valence-corrected chi connectivity index (χ3v) is 3.03. The molecule has 0 aromatic heterocycles. The van der Waals surface area contributed by atoms with Gasteiger partial charge in [0.2, 0.25) is 0 Å². The summed E-state index contributed by atoms with van der Waals surface area (Å²) in [6.45, 7) is 5.71. The number of benzene rings is 2. The second kappa shape index (κ2) is 6.57. The quantitative estimate of drug-likeness (QED) is 0.843. The molecule has 0 saturated heterocycles. The summed E-state index contributed by atoms with van der Waals surface area (Å²) < 4.78 is 32.5. The molecule has 1 N–H and O–H groups in total. The molecule has 0 aliphatic heterocycles. The monoisotopic (exact) mass is 291 g/mol. The Kier molecular flexibility index (Phi) is 4.78. The highest BCUT2D eigenvalue weighted by Gasteiger charge is 2.12. The molecule has 112 valence electrons. The molecule has 1 atom stereocenters. The van der Waals surface area contributed by atoms with Crippen molar-refractivity contribution in [2.24, 2.45) is 0 Å². The first kappa shape index (κ1) is 15.3. The van der Waals surface area contributed by atoms with Gasteiger partial charge in [0, 0.05) is 11.3 Å². The summed E-state index contributed by atoms with van der Waals surface area (Å²) in [5, 5.41) is 3.14. The summed E-state index contributed by atoms with van der Waals surface area (Å²) in [4.78, 5) is 0. The van der Waals surface area contributed by atoms with Crippen LogP contribution in [0.15, 0.2) is 42.5 Å². The van der Waals surface area contributed by atoms with Gasteiger partial charge in [0.15, 0.2) is 0 Å². The summed E-state index contributed by atoms with van der Waals surface area (Å²) in [5.41, 5.74) is 1.12. The molecule has 0 fully saturated rings. The maximum atomic E-state index is 13.7. The van der Waals surface area contributed by atoms with E-state index in [1.54, 1.807) is 6.92 Å². The standard InChI is InChI=1S/C17H19F2NO/c1-11(2)21-15-7-5-14(6-8-15)20-12(3)16-10-13(18)4-9-17(16)19/h4-12,20H,1-3H3. The molecule has 2 nitrogen and oxygen atoms in total. The molecule has 0 saturated carbocycles. The van der Waals surface area contributed by atoms with E-state index in [1.807, 2.05) is 38.1 Å². The van der Waals surface area contributed by atoms with Crippen LogP contribution in [0, 0.1) is 11.6 Å². The van der Waals surface area contributed by atoms with Crippen LogP contribution in [-0.4, -0.2) is 6.10 Å². The average molecular weight is 291 g/mol. The van der Waals surface area contributed by atoms with Gasteiger partial charge in [0.1, 0.15) is 17.4 Å². The van der Waals surface area contributed by atoms with Gasteiger partial charge in [-0.3, -0.25) is 0 Å². The Labute approximate surface area is 123 Å². The smallest absolute Gasteiger partial charge is 0.128 e. The van der Waals surface area contributed by atoms with E-state index in [9.17, 15) is 8.78 Å². The molecule has 4 heteroatoms. The number of rotatable bonds is 5. The summed E-state index contributed by atoms with van der Waals surface area (Å²) in [7, 11) is 0. The number of nitrogens with one attached hydrogen (secondary N) is 1. The molecule has 0 radical (unpaired) electrons. The van der Waals surface area contributed by atoms with E-state index in [2.05, 4.69) is 5.32 Å². The predicted octanol–water partition coefficient (Wildman–Crippen LogP) is 4.93. The lowest BCUT2D eigenvalue weighted by Crippen LogP contribution is -2.09. The zero-order chi connectivity index (χ0) is 15.4. The highest BCUT2D eigenvalue weighted by molar-refractivity contribution is 5.48. The van der Waals surface area contributed by atoms with Crippen molar-refractivity contribution in [3.63, 3.8) is 0 Å². The summed E-state index contributed by atoms with van der Waals surface area (Å²) in [5.74, 6) is -0.0861. The maximum Gasteiger partial charge on any atom is 0.128 e. The largest absolute Gasteiger partial charge is 0.491 e. The average Bonchev–Trinajstić information content (AvgIpc) is 2.43. The van der Waals surface area contributed by atoms with E-state index < -0.39 is 11.6 Å². The first-order valence-electron chi connectivity index (χ1n) is 6.94. The lowest BCUT2D eigenvalue weighted by atomic mass is 10.1. The van der Waals surface area contributed by atoms with Crippen LogP contribution in [0.3, 0.4) is 0 Å². The molecule has 2 aromatic carbocycles. The molecule has 1 unspecified atom stereocenters. The van der Waals surface area contributed by atoms with Crippen LogP contribution >= 0.6 is 0 Å². The van der Waals surface area contributed by atoms with Crippen LogP contribution < -0.4 is 10.1 Å². The van der Waals surface area contributed by atoms with E-state index in [1.165, 1.54) is 6.07 Å². The van der Waals surface area contributed by atoms with Gasteiger partial charge in [-0.2, -0.15) is 0 Å². The third kappa shape index (κ3) is 4.18. The SMILES string of the molecule is CC(C)Oc1ccc(NC(C)c2cc(F)ccc2F)cc1. The van der Waals surface area contributed by atoms with Crippen molar-refractivity contribution in [3.05, 3.63) is 59.7 Å². The van der Waals surface area contributed by atoms with E-state index in [0.29, 0.717) is 5.56 Å². The number of hydrogen-bond acceptors (Lipinski definition) is 2. The van der Waals surface area contributed by atoms with Gasteiger partial charge in [-0.25, -0.2) is 8.78 Å². The third-order valence-electron chi connectivity index (χ3n) is 3.03. The molecular weight excluding hydrogens is 272 g/mol. The van der Waals surface area contributed by atoms with Gasteiger partial charge in [-0.15, -0.1) is 0 Å². The molecule has 0 heterocycles. The zero-order valence-electron chi connectivity index (χ0n) is 12.4. The van der Waals surface area contributed by atoms with E-state index >= 15 is 0 Å². The first-order chi connectivity index (χ1) is 9.95. The van der Waals surface area contributed by atoms with Crippen LogP contribution in [0.5, 0.6) is 5.75 Å². The second-order valence-corrected chi connectivity index (χ2v) is 5.22. The van der Waals surface area contributed by atoms with Crippen LogP contribution in [0.25, 0.3) is 0 Å². The van der Waals surface area contributed by atoms with Crippen LogP contribution in [0.4, 0.5) is 14.5 Å². The maximum absolute atomic E-state index is 13.7. The van der Waals surface area contributed by atoms with Crippen molar-refractivity contribution in [2.75, 3.05) is 5.32 Å². The Morgan fingerprint density at radius 2 is 1.62 bits per heavy atom. The fourth-order valence-corrected chi connectivity index (χ4v) is 2.08. The van der Waals surface area contributed by atoms with Crippen molar-refractivity contribution in [1.82, 2.24) is 0 Å². The van der Waals surface area contributed by atoms with Gasteiger partial charge < -0.3 is 10.1 Å². The van der Waals surface area contributed by atoms with Gasteiger partial charge in [-0.05, 0) is 63.2 Å². The van der Waals surface area contributed by atoms with Gasteiger partial charge in [0.05, 0.1) is 12.1 Å². The molecule has 21 heavy (non-hydrogen) atoms. The highest BCUT2D eigenvalue weighted by atomic mass is 19.1. The Morgan fingerprint density at radius 3 is 2.24 bits per heavy atom. The van der Waals surface area contributed by atoms with Crippen molar-refractivity contribution in [3.8, 4) is 5.75 Å². The normalized spacial score (nSPS) is 12.3. The predicted molar refractivity (Wildman–Crippen MR) is 80.6 cm³/mol.